The van der Waals surface area contributed by atoms with Crippen molar-refractivity contribution in [2.24, 2.45) is 0 Å². The Balaban J connectivity index is 1.11. The van der Waals surface area contributed by atoms with Crippen LogP contribution in [-0.4, -0.2) is 19.9 Å². The molecule has 0 saturated carbocycles. The van der Waals surface area contributed by atoms with Gasteiger partial charge in [0.05, 0.1) is 0 Å². The molecule has 57 heavy (non-hydrogen) atoms. The fraction of sp³-hybridized carbons (Fsp3) is 0. The number of aromatic nitrogens is 4. The van der Waals surface area contributed by atoms with E-state index in [9.17, 15) is 0 Å². The molecule has 0 radical (unpaired) electrons. The first kappa shape index (κ1) is 31.5. The third-order valence-electron chi connectivity index (χ3n) is 10.8. The number of nitrogens with zero attached hydrogens (tertiary/aromatic N) is 4. The fourth-order valence-electron chi connectivity index (χ4n) is 8.22. The standard InChI is InChI=1S/C50H28N4O3/c1-4-17-40-33(13-1)34-22-21-31(27-44(34)56-40)49-52-48(30-11-7-10-29(26-30)32-12-9-25-51-28-32)53-50(54-49)39-24-23-36(47-46(39)38-15-3-6-19-42(38)57-47)35-16-8-20-43-45(35)37-14-2-5-18-41(37)55-43/h1-28H. The van der Waals surface area contributed by atoms with Gasteiger partial charge in [0.15, 0.2) is 17.5 Å². The lowest BCUT2D eigenvalue weighted by Crippen LogP contribution is -2.01. The van der Waals surface area contributed by atoms with E-state index >= 15 is 0 Å². The van der Waals surface area contributed by atoms with Gasteiger partial charge >= 0.3 is 0 Å². The highest BCUT2D eigenvalue weighted by Crippen LogP contribution is 2.45. The first-order chi connectivity index (χ1) is 28.2. The molecule has 0 N–H and O–H groups in total. The normalized spacial score (nSPS) is 11.9. The summed E-state index contributed by atoms with van der Waals surface area (Å²) in [7, 11) is 0. The van der Waals surface area contributed by atoms with Gasteiger partial charge in [-0.3, -0.25) is 4.98 Å². The van der Waals surface area contributed by atoms with Crippen LogP contribution in [0.3, 0.4) is 0 Å². The van der Waals surface area contributed by atoms with E-state index in [4.69, 9.17) is 28.2 Å². The number of furan rings is 3. The topological polar surface area (TPSA) is 91.0 Å². The van der Waals surface area contributed by atoms with Gasteiger partial charge in [0.25, 0.3) is 0 Å². The first-order valence-electron chi connectivity index (χ1n) is 18.8. The largest absolute Gasteiger partial charge is 0.456 e. The Kier molecular flexibility index (Phi) is 6.79. The first-order valence-corrected chi connectivity index (χ1v) is 18.8. The Morgan fingerprint density at radius 2 is 0.930 bits per heavy atom. The van der Waals surface area contributed by atoms with Crippen molar-refractivity contribution in [3.05, 3.63) is 170 Å². The lowest BCUT2D eigenvalue weighted by molar-refractivity contribution is 0.668. The van der Waals surface area contributed by atoms with E-state index in [0.29, 0.717) is 17.5 Å². The molecule has 0 amide bonds. The third kappa shape index (κ3) is 4.99. The Morgan fingerprint density at radius 3 is 1.74 bits per heavy atom. The number of hydrogen-bond donors (Lipinski definition) is 0. The summed E-state index contributed by atoms with van der Waals surface area (Å²) in [5.41, 5.74) is 11.3. The van der Waals surface area contributed by atoms with Crippen molar-refractivity contribution in [2.75, 3.05) is 0 Å². The van der Waals surface area contributed by atoms with Crippen LogP contribution in [0.15, 0.2) is 183 Å². The molecule has 0 unspecified atom stereocenters. The Bertz CT molecular complexity index is 3540. The highest BCUT2D eigenvalue weighted by molar-refractivity contribution is 6.20. The van der Waals surface area contributed by atoms with E-state index in [1.54, 1.807) is 6.20 Å². The second-order valence-corrected chi connectivity index (χ2v) is 14.2. The summed E-state index contributed by atoms with van der Waals surface area (Å²) in [4.78, 5) is 20.0. The van der Waals surface area contributed by atoms with Crippen molar-refractivity contribution in [3.63, 3.8) is 0 Å². The summed E-state index contributed by atoms with van der Waals surface area (Å²) in [6.07, 6.45) is 3.64. The smallest absolute Gasteiger partial charge is 0.164 e. The summed E-state index contributed by atoms with van der Waals surface area (Å²) in [5.74, 6) is 1.61. The minimum absolute atomic E-state index is 0.529. The Hall–Kier alpha value is -7.90. The van der Waals surface area contributed by atoms with Gasteiger partial charge < -0.3 is 13.3 Å². The predicted octanol–water partition coefficient (Wildman–Crippen LogP) is 13.3. The maximum absolute atomic E-state index is 6.79. The summed E-state index contributed by atoms with van der Waals surface area (Å²) in [6, 6.07) is 53.2. The molecule has 0 bridgehead atoms. The van der Waals surface area contributed by atoms with Crippen LogP contribution in [0.1, 0.15) is 0 Å². The monoisotopic (exact) mass is 732 g/mol. The highest BCUT2D eigenvalue weighted by atomic mass is 16.3. The zero-order valence-electron chi connectivity index (χ0n) is 30.2. The van der Waals surface area contributed by atoms with Crippen LogP contribution >= 0.6 is 0 Å². The van der Waals surface area contributed by atoms with Crippen LogP contribution < -0.4 is 0 Å². The van der Waals surface area contributed by atoms with Gasteiger partial charge in [-0.1, -0.05) is 97.1 Å². The molecule has 7 heteroatoms. The molecule has 0 spiro atoms. The number of benzene rings is 7. The van der Waals surface area contributed by atoms with Gasteiger partial charge in [-0.15, -0.1) is 0 Å². The Labute approximate surface area is 324 Å². The molecule has 0 aliphatic heterocycles. The quantitative estimate of drug-likeness (QED) is 0.174. The van der Waals surface area contributed by atoms with Crippen molar-refractivity contribution in [3.8, 4) is 56.4 Å². The molecule has 266 valence electrons. The number of para-hydroxylation sites is 3. The van der Waals surface area contributed by atoms with Gasteiger partial charge in [0.2, 0.25) is 0 Å². The van der Waals surface area contributed by atoms with Crippen LogP contribution in [0.25, 0.3) is 122 Å². The number of fused-ring (bicyclic) bond motifs is 9. The van der Waals surface area contributed by atoms with Crippen molar-refractivity contribution in [2.45, 2.75) is 0 Å². The molecular weight excluding hydrogens is 705 g/mol. The predicted molar refractivity (Wildman–Crippen MR) is 227 cm³/mol. The molecule has 7 aromatic carbocycles. The summed E-state index contributed by atoms with van der Waals surface area (Å²) >= 11 is 0. The maximum Gasteiger partial charge on any atom is 0.164 e. The molecule has 5 heterocycles. The van der Waals surface area contributed by atoms with Gasteiger partial charge in [0.1, 0.15) is 33.5 Å². The molecule has 0 fully saturated rings. The van der Waals surface area contributed by atoms with Gasteiger partial charge in [-0.2, -0.15) is 0 Å². The van der Waals surface area contributed by atoms with E-state index in [0.717, 1.165) is 105 Å². The molecule has 5 aromatic heterocycles. The fourth-order valence-corrected chi connectivity index (χ4v) is 8.22. The van der Waals surface area contributed by atoms with Crippen molar-refractivity contribution in [1.82, 2.24) is 19.9 Å². The SMILES string of the molecule is c1cncc(-c2cccc(-c3nc(-c4ccc5c(c4)oc4ccccc45)nc(-c4ccc(-c5cccc6oc7ccccc7c56)c5oc6ccccc6c45)n3)c2)c1. The summed E-state index contributed by atoms with van der Waals surface area (Å²) in [6.45, 7) is 0. The molecule has 0 atom stereocenters. The molecule has 0 saturated heterocycles. The Morgan fingerprint density at radius 1 is 0.333 bits per heavy atom. The zero-order chi connectivity index (χ0) is 37.5. The third-order valence-corrected chi connectivity index (χ3v) is 10.8. The average molecular weight is 733 g/mol. The number of hydrogen-bond acceptors (Lipinski definition) is 7. The van der Waals surface area contributed by atoms with Crippen LogP contribution in [0, 0.1) is 0 Å². The molecule has 0 aliphatic carbocycles. The average Bonchev–Trinajstić information content (AvgIpc) is 3.98. The lowest BCUT2D eigenvalue weighted by atomic mass is 9.95. The van der Waals surface area contributed by atoms with Crippen LogP contribution in [0.2, 0.25) is 0 Å². The molecule has 0 aliphatic rings. The maximum atomic E-state index is 6.79. The van der Waals surface area contributed by atoms with Gasteiger partial charge in [0, 0.05) is 72.5 Å². The zero-order valence-corrected chi connectivity index (χ0v) is 30.2. The van der Waals surface area contributed by atoms with Crippen LogP contribution in [-0.2, 0) is 0 Å². The summed E-state index contributed by atoms with van der Waals surface area (Å²) in [5, 5.41) is 6.10. The van der Waals surface area contributed by atoms with Crippen molar-refractivity contribution in [1.29, 1.82) is 0 Å². The lowest BCUT2D eigenvalue weighted by Gasteiger charge is -2.12. The van der Waals surface area contributed by atoms with E-state index < -0.39 is 0 Å². The molecule has 12 aromatic rings. The highest BCUT2D eigenvalue weighted by Gasteiger charge is 2.23. The number of pyridine rings is 1. The van der Waals surface area contributed by atoms with Crippen molar-refractivity contribution >= 4 is 65.8 Å². The van der Waals surface area contributed by atoms with Crippen LogP contribution in [0.4, 0.5) is 0 Å². The second-order valence-electron chi connectivity index (χ2n) is 14.2. The van der Waals surface area contributed by atoms with Gasteiger partial charge in [-0.25, -0.2) is 15.0 Å². The van der Waals surface area contributed by atoms with Crippen LogP contribution in [0.5, 0.6) is 0 Å². The van der Waals surface area contributed by atoms with Crippen molar-refractivity contribution < 1.29 is 13.3 Å². The molecule has 7 nitrogen and oxygen atoms in total. The van der Waals surface area contributed by atoms with Gasteiger partial charge in [-0.05, 0) is 71.8 Å². The molecular formula is C50H28N4O3. The number of rotatable bonds is 5. The van der Waals surface area contributed by atoms with E-state index in [2.05, 4.69) is 65.6 Å². The molecule has 12 rings (SSSR count). The minimum atomic E-state index is 0.529. The minimum Gasteiger partial charge on any atom is -0.456 e. The van der Waals surface area contributed by atoms with E-state index in [-0.39, 0.29) is 0 Å². The van der Waals surface area contributed by atoms with E-state index in [1.807, 2.05) is 103 Å². The summed E-state index contributed by atoms with van der Waals surface area (Å²) < 4.78 is 19.4. The second kappa shape index (κ2) is 12.3. The van der Waals surface area contributed by atoms with E-state index in [1.165, 1.54) is 0 Å².